The zero-order valence-corrected chi connectivity index (χ0v) is 37.6. The number of aliphatic hydroxyl groups is 10. The average Bonchev–Trinajstić information content (AvgIpc) is 3.21. The summed E-state index contributed by atoms with van der Waals surface area (Å²) >= 11 is 0. The van der Waals surface area contributed by atoms with Gasteiger partial charge in [-0.25, -0.2) is 0 Å². The van der Waals surface area contributed by atoms with Gasteiger partial charge in [0.2, 0.25) is 0 Å². The second-order valence-electron chi connectivity index (χ2n) is 17.6. The van der Waals surface area contributed by atoms with E-state index in [0.29, 0.717) is 0 Å². The molecule has 0 radical (unpaired) electrons. The standard InChI is InChI=1S/C47H73NO17/c1-27-17-15-13-11-9-7-5-6-8-10-12-14-16-18-34(64-46-44(58)41(48)43(57)30(4)63-46)24-38-40(45(59)60)37(54)26-47(61,65-38)25-33(51)22-36(53)35(52)20-19-31(49)21-32(50)23-39(55)62-29(3)28(2)42(27)56/h5-18,27-38,40-44,46,49-54,56-58,61H,19-26,48H2,1-4H3,(H,59,60)/t27-,28-,29+,30+,31-,32-,33+,34-,35+,36-,37-,38-,40+,41-,42+,43+,44-,46-,47+/m0/s1. The lowest BCUT2D eigenvalue weighted by Crippen LogP contribution is -2.61. The topological polar surface area (TPSA) is 320 Å². The number of cyclic esters (lactones) is 1. The first-order valence-corrected chi connectivity index (χ1v) is 22.3. The molecule has 13 N–H and O–H groups in total. The summed E-state index contributed by atoms with van der Waals surface area (Å²) in [5, 5.41) is 118. The molecule has 0 aromatic carbocycles. The molecule has 18 nitrogen and oxygen atoms in total. The van der Waals surface area contributed by atoms with Gasteiger partial charge < -0.3 is 80.9 Å². The minimum atomic E-state index is -2.33. The molecule has 0 aromatic rings. The normalized spacial score (nSPS) is 42.0. The summed E-state index contributed by atoms with van der Waals surface area (Å²) in [4.78, 5) is 25.1. The number of aliphatic carboxylic acids is 1. The third kappa shape index (κ3) is 18.6. The second-order valence-corrected chi connectivity index (χ2v) is 17.6. The van der Waals surface area contributed by atoms with Gasteiger partial charge in [-0.1, -0.05) is 98.9 Å². The SMILES string of the molecule is C[C@@H]1[C@H](O)[C@@H](C)C=CC=CC=CC=CC=CC=CC=C[C@H](O[C@@H]2O[C@H](C)[C@@H](O)[C@H](N)[C@@H]2O)C[C@@H]2O[C@](O)(C[C@H](O)C[C@H](O)[C@H](O)CC[C@H](O)C[C@H](O)CC(=O)O[C@@H]1C)C[C@H](O)[C@H]2C(=O)O. The molecule has 2 fully saturated rings. The lowest BCUT2D eigenvalue weighted by atomic mass is 9.82. The molecule has 368 valence electrons. The van der Waals surface area contributed by atoms with E-state index in [1.165, 1.54) is 13.0 Å². The molecule has 0 saturated carbocycles. The Labute approximate surface area is 381 Å². The molecular weight excluding hydrogens is 851 g/mol. The number of hydrogen-bond donors (Lipinski definition) is 12. The van der Waals surface area contributed by atoms with E-state index in [9.17, 15) is 65.8 Å². The number of fused-ring (bicyclic) bond motifs is 2. The zero-order valence-electron chi connectivity index (χ0n) is 37.6. The van der Waals surface area contributed by atoms with Crippen LogP contribution in [0.4, 0.5) is 0 Å². The monoisotopic (exact) mass is 923 g/mol. The number of hydrogen-bond acceptors (Lipinski definition) is 17. The number of carboxylic acids is 1. The van der Waals surface area contributed by atoms with Crippen LogP contribution in [0.2, 0.25) is 0 Å². The number of aliphatic hydroxyl groups excluding tert-OH is 9. The summed E-state index contributed by atoms with van der Waals surface area (Å²) in [5.41, 5.74) is 6.02. The summed E-state index contributed by atoms with van der Waals surface area (Å²) in [6.45, 7) is 6.74. The lowest BCUT2D eigenvalue weighted by Gasteiger charge is -2.45. The average molecular weight is 924 g/mol. The highest BCUT2D eigenvalue weighted by Gasteiger charge is 2.51. The Morgan fingerprint density at radius 3 is 1.82 bits per heavy atom. The summed E-state index contributed by atoms with van der Waals surface area (Å²) < 4.78 is 23.1. The van der Waals surface area contributed by atoms with Crippen molar-refractivity contribution in [2.24, 2.45) is 23.5 Å². The zero-order chi connectivity index (χ0) is 48.4. The predicted octanol–water partition coefficient (Wildman–Crippen LogP) is 0.712. The van der Waals surface area contributed by atoms with Crippen LogP contribution in [-0.2, 0) is 28.5 Å². The molecule has 2 saturated heterocycles. The quantitative estimate of drug-likeness (QED) is 0.174. The van der Waals surface area contributed by atoms with E-state index in [0.717, 1.165) is 0 Å². The second kappa shape index (κ2) is 27.4. The summed E-state index contributed by atoms with van der Waals surface area (Å²) in [7, 11) is 0. The predicted molar refractivity (Wildman–Crippen MR) is 237 cm³/mol. The van der Waals surface area contributed by atoms with Crippen LogP contribution in [0.5, 0.6) is 0 Å². The van der Waals surface area contributed by atoms with Crippen LogP contribution in [0, 0.1) is 17.8 Å². The molecule has 0 aromatic heterocycles. The molecule has 0 spiro atoms. The fourth-order valence-electron chi connectivity index (χ4n) is 7.97. The Balaban J connectivity index is 1.86. The van der Waals surface area contributed by atoms with Crippen molar-refractivity contribution in [3.05, 3.63) is 85.1 Å². The van der Waals surface area contributed by atoms with Gasteiger partial charge in [-0.2, -0.15) is 0 Å². The third-order valence-corrected chi connectivity index (χ3v) is 12.0. The van der Waals surface area contributed by atoms with Crippen molar-refractivity contribution in [3.63, 3.8) is 0 Å². The fourth-order valence-corrected chi connectivity index (χ4v) is 7.97. The van der Waals surface area contributed by atoms with Crippen molar-refractivity contribution in [3.8, 4) is 0 Å². The third-order valence-electron chi connectivity index (χ3n) is 12.0. The van der Waals surface area contributed by atoms with Crippen LogP contribution in [0.25, 0.3) is 0 Å². The van der Waals surface area contributed by atoms with E-state index < -0.39 is 147 Å². The molecule has 18 heteroatoms. The number of carbonyl (C=O) groups is 2. The molecule has 3 rings (SSSR count). The van der Waals surface area contributed by atoms with Crippen molar-refractivity contribution in [1.29, 1.82) is 0 Å². The van der Waals surface area contributed by atoms with Crippen molar-refractivity contribution in [2.75, 3.05) is 0 Å². The first-order chi connectivity index (χ1) is 30.6. The van der Waals surface area contributed by atoms with Gasteiger partial charge in [-0.05, 0) is 33.1 Å². The highest BCUT2D eigenvalue weighted by molar-refractivity contribution is 5.71. The molecule has 3 aliphatic rings. The molecule has 0 aliphatic carbocycles. The first kappa shape index (κ1) is 55.9. The molecule has 0 amide bonds. The maximum atomic E-state index is 12.6. The van der Waals surface area contributed by atoms with Crippen molar-refractivity contribution in [2.45, 2.75) is 177 Å². The Morgan fingerprint density at radius 2 is 1.23 bits per heavy atom. The lowest BCUT2D eigenvalue weighted by molar-refractivity contribution is -0.308. The fraction of sp³-hybridized carbons (Fsp3) is 0.660. The Morgan fingerprint density at radius 1 is 0.662 bits per heavy atom. The molecule has 0 unspecified atom stereocenters. The van der Waals surface area contributed by atoms with Crippen molar-refractivity contribution in [1.82, 2.24) is 0 Å². The molecule has 2 bridgehead atoms. The number of nitrogens with two attached hydrogens (primary N) is 1. The molecular formula is C47H73NO17. The van der Waals surface area contributed by atoms with Gasteiger partial charge in [0.25, 0.3) is 0 Å². The van der Waals surface area contributed by atoms with Gasteiger partial charge in [0.1, 0.15) is 18.1 Å². The van der Waals surface area contributed by atoms with Crippen LogP contribution in [0.15, 0.2) is 85.1 Å². The largest absolute Gasteiger partial charge is 0.481 e. The van der Waals surface area contributed by atoms with Gasteiger partial charge in [0.15, 0.2) is 12.1 Å². The molecule has 3 aliphatic heterocycles. The van der Waals surface area contributed by atoms with Gasteiger partial charge in [-0.15, -0.1) is 0 Å². The minimum Gasteiger partial charge on any atom is -0.481 e. The molecule has 65 heavy (non-hydrogen) atoms. The smallest absolute Gasteiger partial charge is 0.311 e. The number of carbonyl (C=O) groups excluding carboxylic acids is 1. The van der Waals surface area contributed by atoms with E-state index in [-0.39, 0.29) is 31.6 Å². The highest BCUT2D eigenvalue weighted by atomic mass is 16.7. The molecule has 19 atom stereocenters. The van der Waals surface area contributed by atoms with Gasteiger partial charge >= 0.3 is 11.9 Å². The number of esters is 1. The number of carboxylic acid groups (broad SMARTS) is 1. The highest BCUT2D eigenvalue weighted by Crippen LogP contribution is 2.38. The summed E-state index contributed by atoms with van der Waals surface area (Å²) in [5.74, 6) is -6.83. The summed E-state index contributed by atoms with van der Waals surface area (Å²) in [6, 6.07) is -1.15. The van der Waals surface area contributed by atoms with Gasteiger partial charge in [0, 0.05) is 37.5 Å². The van der Waals surface area contributed by atoms with Crippen LogP contribution >= 0.6 is 0 Å². The number of allylic oxidation sites excluding steroid dienone is 12. The van der Waals surface area contributed by atoms with Crippen molar-refractivity contribution < 1.29 is 84.7 Å². The van der Waals surface area contributed by atoms with E-state index >= 15 is 0 Å². The number of rotatable bonds is 3. The Bertz CT molecular complexity index is 1670. The van der Waals surface area contributed by atoms with Crippen LogP contribution in [-0.4, -0.2) is 166 Å². The maximum Gasteiger partial charge on any atom is 0.311 e. The van der Waals surface area contributed by atoms with Gasteiger partial charge in [0.05, 0.1) is 79.6 Å². The van der Waals surface area contributed by atoms with Crippen molar-refractivity contribution >= 4 is 11.9 Å². The van der Waals surface area contributed by atoms with Gasteiger partial charge in [-0.3, -0.25) is 9.59 Å². The molecule has 3 heterocycles. The van der Waals surface area contributed by atoms with Crippen LogP contribution in [0.3, 0.4) is 0 Å². The van der Waals surface area contributed by atoms with Crippen LogP contribution < -0.4 is 5.73 Å². The van der Waals surface area contributed by atoms with E-state index in [1.54, 1.807) is 80.7 Å². The van der Waals surface area contributed by atoms with Crippen LogP contribution in [0.1, 0.15) is 79.1 Å². The minimum absolute atomic E-state index is 0.107. The summed E-state index contributed by atoms with van der Waals surface area (Å²) in [6.07, 6.45) is 3.46. The number of ether oxygens (including phenoxy) is 4. The van der Waals surface area contributed by atoms with E-state index in [4.69, 9.17) is 24.7 Å². The Hall–Kier alpha value is -3.44. The first-order valence-electron chi connectivity index (χ1n) is 22.3. The van der Waals surface area contributed by atoms with E-state index in [1.807, 2.05) is 19.1 Å². The Kier molecular flexibility index (Phi) is 23.6. The maximum absolute atomic E-state index is 12.6. The van der Waals surface area contributed by atoms with E-state index in [2.05, 4.69) is 0 Å².